The molecule has 0 unspecified atom stereocenters. The smallest absolute Gasteiger partial charge is 0.416 e. The van der Waals surface area contributed by atoms with Crippen LogP contribution in [0.4, 0.5) is 24.5 Å². The number of fused-ring (bicyclic) bond motifs is 4. The van der Waals surface area contributed by atoms with Crippen LogP contribution in [0, 0.1) is 0 Å². The van der Waals surface area contributed by atoms with Crippen LogP contribution in [-0.2, 0) is 26.9 Å². The molecule has 8 rings (SSSR count). The molecule has 0 saturated carbocycles. The van der Waals surface area contributed by atoms with Crippen molar-refractivity contribution in [1.82, 2.24) is 29.0 Å². The summed E-state index contributed by atoms with van der Waals surface area (Å²) in [6, 6.07) is 1.79. The fourth-order valence-corrected chi connectivity index (χ4v) is 7.78. The number of nitrogens with one attached hydrogen (secondary N) is 1. The van der Waals surface area contributed by atoms with Crippen molar-refractivity contribution in [2.75, 3.05) is 70.1 Å². The summed E-state index contributed by atoms with van der Waals surface area (Å²) in [6.45, 7) is 4.06. The normalized spacial score (nSPS) is 19.6. The van der Waals surface area contributed by atoms with Crippen LogP contribution in [-0.4, -0.2) is 101 Å². The van der Waals surface area contributed by atoms with Crippen LogP contribution < -0.4 is 25.2 Å². The molecule has 290 valence electrons. The van der Waals surface area contributed by atoms with E-state index in [9.17, 15) is 27.6 Å². The second kappa shape index (κ2) is 14.5. The van der Waals surface area contributed by atoms with E-state index >= 15 is 0 Å². The summed E-state index contributed by atoms with van der Waals surface area (Å²) in [5.74, 6) is -0.0675. The molecule has 1 aromatic carbocycles. The summed E-state index contributed by atoms with van der Waals surface area (Å²) in [4.78, 5) is 55.1. The molecule has 4 aliphatic heterocycles. The first-order chi connectivity index (χ1) is 26.4. The van der Waals surface area contributed by atoms with Crippen molar-refractivity contribution in [2.24, 2.45) is 0 Å². The molecule has 2 atom stereocenters. The summed E-state index contributed by atoms with van der Waals surface area (Å²) >= 11 is 6.21. The molecule has 4 aliphatic rings. The van der Waals surface area contributed by atoms with E-state index in [0.29, 0.717) is 55.6 Å². The van der Waals surface area contributed by atoms with Gasteiger partial charge in [-0.25, -0.2) is 4.98 Å². The molecule has 1 saturated heterocycles. The number of ether oxygens (including phenoxy) is 4. The molecule has 0 radical (unpaired) electrons. The number of benzene rings is 1. The molecule has 15 nitrogen and oxygen atoms in total. The molecule has 3 aromatic heterocycles. The Labute approximate surface area is 316 Å². The zero-order chi connectivity index (χ0) is 38.6. The Kier molecular flexibility index (Phi) is 9.67. The zero-order valence-electron chi connectivity index (χ0n) is 29.8. The predicted octanol–water partition coefficient (Wildman–Crippen LogP) is 4.33. The largest absolute Gasteiger partial charge is 0.489 e. The van der Waals surface area contributed by atoms with Gasteiger partial charge in [0.05, 0.1) is 41.8 Å². The molecule has 7 heterocycles. The standard InChI is InChI=1S/C36H36ClF3N8O7/c1-19-15-25(32(49)42-24-4-3-22(16-23(24)37)36(38,39)40)47-27(19)28(34(51)48-35(47)43-31(44-48)20-5-12-53-13-6-20)45-8-10-46(11-9-45)33(50)26-30(55-18-52-2)29-21(17-41-26)7-14-54-29/h3-5,16-17,19,25H,6-15,18H2,1-2H3,(H,42,49)/t19-,25-/m0/s1. The fraction of sp³-hybridized carbons (Fsp3) is 0.444. The van der Waals surface area contributed by atoms with Gasteiger partial charge in [0.1, 0.15) is 11.7 Å². The zero-order valence-corrected chi connectivity index (χ0v) is 30.6. The summed E-state index contributed by atoms with van der Waals surface area (Å²) in [6.07, 6.45) is 0.274. The van der Waals surface area contributed by atoms with Crippen LogP contribution in [0.1, 0.15) is 64.9 Å². The van der Waals surface area contributed by atoms with E-state index in [2.05, 4.69) is 15.4 Å². The number of anilines is 2. The van der Waals surface area contributed by atoms with E-state index in [1.807, 2.05) is 17.9 Å². The van der Waals surface area contributed by atoms with Gasteiger partial charge < -0.3 is 34.1 Å². The summed E-state index contributed by atoms with van der Waals surface area (Å²) in [7, 11) is 1.47. The van der Waals surface area contributed by atoms with E-state index in [-0.39, 0.29) is 79.1 Å². The van der Waals surface area contributed by atoms with Crippen LogP contribution in [0.15, 0.2) is 35.3 Å². The second-order valence-electron chi connectivity index (χ2n) is 13.7. The first kappa shape index (κ1) is 36.8. The lowest BCUT2D eigenvalue weighted by atomic mass is 10.0. The number of hydrogen-bond donors (Lipinski definition) is 1. The Morgan fingerprint density at radius 2 is 1.93 bits per heavy atom. The first-order valence-corrected chi connectivity index (χ1v) is 18.1. The number of nitrogens with zero attached hydrogens (tertiary/aromatic N) is 7. The highest BCUT2D eigenvalue weighted by Gasteiger charge is 2.41. The average molecular weight is 785 g/mol. The molecular formula is C36H36ClF3N8O7. The highest BCUT2D eigenvalue weighted by molar-refractivity contribution is 6.33. The van der Waals surface area contributed by atoms with Gasteiger partial charge in [-0.3, -0.25) is 19.0 Å². The summed E-state index contributed by atoms with van der Waals surface area (Å²) in [5.41, 5.74) is 1.24. The topological polar surface area (TPSA) is 155 Å². The van der Waals surface area contributed by atoms with Crippen molar-refractivity contribution in [3.05, 3.63) is 74.2 Å². The minimum atomic E-state index is -4.61. The lowest BCUT2D eigenvalue weighted by Crippen LogP contribution is -2.51. The van der Waals surface area contributed by atoms with Gasteiger partial charge in [0.15, 0.2) is 29.8 Å². The van der Waals surface area contributed by atoms with E-state index in [1.54, 1.807) is 15.7 Å². The number of amides is 2. The van der Waals surface area contributed by atoms with Crippen LogP contribution in [0.5, 0.6) is 11.5 Å². The lowest BCUT2D eigenvalue weighted by molar-refractivity contribution is -0.137. The van der Waals surface area contributed by atoms with Crippen molar-refractivity contribution < 1.29 is 41.7 Å². The van der Waals surface area contributed by atoms with Crippen LogP contribution in [0.2, 0.25) is 5.02 Å². The van der Waals surface area contributed by atoms with Gasteiger partial charge in [0.25, 0.3) is 11.5 Å². The number of methoxy groups -OCH3 is 1. The Hall–Kier alpha value is -5.20. The van der Waals surface area contributed by atoms with Crippen LogP contribution >= 0.6 is 11.6 Å². The average Bonchev–Trinajstić information content (AvgIpc) is 3.93. The monoisotopic (exact) mass is 784 g/mol. The molecule has 2 amide bonds. The number of pyridine rings is 1. The number of carbonyl (C=O) groups excluding carboxylic acids is 2. The van der Waals surface area contributed by atoms with Crippen molar-refractivity contribution in [3.63, 3.8) is 0 Å². The maximum atomic E-state index is 14.5. The fourth-order valence-electron chi connectivity index (χ4n) is 7.55. The molecular weight excluding hydrogens is 749 g/mol. The Balaban J connectivity index is 1.13. The van der Waals surface area contributed by atoms with Gasteiger partial charge in [-0.05, 0) is 36.6 Å². The third-order valence-electron chi connectivity index (χ3n) is 10.3. The molecule has 19 heteroatoms. The van der Waals surface area contributed by atoms with E-state index in [0.717, 1.165) is 29.3 Å². The Morgan fingerprint density at radius 3 is 2.64 bits per heavy atom. The number of alkyl halides is 3. The molecule has 0 bridgehead atoms. The number of halogens is 4. The number of piperazine rings is 1. The molecule has 55 heavy (non-hydrogen) atoms. The Bertz CT molecular complexity index is 2290. The van der Waals surface area contributed by atoms with Crippen LogP contribution in [0.25, 0.3) is 11.4 Å². The number of carbonyl (C=O) groups is 2. The van der Waals surface area contributed by atoms with E-state index < -0.39 is 29.2 Å². The highest BCUT2D eigenvalue weighted by atomic mass is 35.5. The van der Waals surface area contributed by atoms with E-state index in [1.165, 1.54) is 11.6 Å². The Morgan fingerprint density at radius 1 is 1.13 bits per heavy atom. The number of aromatic nitrogens is 5. The number of hydrogen-bond acceptors (Lipinski definition) is 11. The molecule has 0 aliphatic carbocycles. The molecule has 1 N–H and O–H groups in total. The molecule has 4 aromatic rings. The van der Waals surface area contributed by atoms with E-state index in [4.69, 9.17) is 35.5 Å². The minimum absolute atomic E-state index is 0.00793. The van der Waals surface area contributed by atoms with Gasteiger partial charge in [0.2, 0.25) is 11.7 Å². The van der Waals surface area contributed by atoms with Crippen molar-refractivity contribution >= 4 is 46.1 Å². The molecule has 0 spiro atoms. The van der Waals surface area contributed by atoms with Gasteiger partial charge in [0, 0.05) is 57.4 Å². The first-order valence-electron chi connectivity index (χ1n) is 17.7. The summed E-state index contributed by atoms with van der Waals surface area (Å²) in [5, 5.41) is 7.04. The lowest BCUT2D eigenvalue weighted by Gasteiger charge is -2.36. The van der Waals surface area contributed by atoms with Gasteiger partial charge in [-0.2, -0.15) is 22.7 Å². The highest BCUT2D eigenvalue weighted by Crippen LogP contribution is 2.43. The maximum Gasteiger partial charge on any atom is 0.416 e. The van der Waals surface area contributed by atoms with Gasteiger partial charge in [-0.1, -0.05) is 24.6 Å². The van der Waals surface area contributed by atoms with Gasteiger partial charge in [-0.15, -0.1) is 5.10 Å². The third-order valence-corrected chi connectivity index (χ3v) is 10.6. The molecule has 1 fully saturated rings. The minimum Gasteiger partial charge on any atom is -0.489 e. The van der Waals surface area contributed by atoms with Crippen molar-refractivity contribution in [3.8, 4) is 11.5 Å². The third kappa shape index (κ3) is 6.65. The van der Waals surface area contributed by atoms with Crippen LogP contribution in [0.3, 0.4) is 0 Å². The summed E-state index contributed by atoms with van der Waals surface area (Å²) < 4.78 is 64.9. The number of rotatable bonds is 8. The predicted molar refractivity (Wildman–Crippen MR) is 192 cm³/mol. The van der Waals surface area contributed by atoms with Gasteiger partial charge >= 0.3 is 6.18 Å². The SMILES string of the molecule is COCOc1c(C(=O)N2CCN(c3c4n(c5nc(C6=CCOCC6)nn5c3=O)[C@H](C(=O)Nc3ccc(C(F)(F)F)cc3Cl)C[C@@H]4C)CC2)ncc2c1OCC2. The maximum absolute atomic E-state index is 14.5. The van der Waals surface area contributed by atoms with Crippen molar-refractivity contribution in [1.29, 1.82) is 0 Å². The quantitative estimate of drug-likeness (QED) is 0.254. The second-order valence-corrected chi connectivity index (χ2v) is 14.1. The van der Waals surface area contributed by atoms with Crippen molar-refractivity contribution in [2.45, 2.75) is 44.3 Å².